The minimum absolute atomic E-state index is 0.0205. The second kappa shape index (κ2) is 8.20. The third kappa shape index (κ3) is 3.88. The van der Waals surface area contributed by atoms with Gasteiger partial charge in [-0.15, -0.1) is 0 Å². The quantitative estimate of drug-likeness (QED) is 0.493. The number of hydrogen-bond donors (Lipinski definition) is 2. The zero-order chi connectivity index (χ0) is 22.1. The van der Waals surface area contributed by atoms with Gasteiger partial charge in [0.05, 0.1) is 17.4 Å². The van der Waals surface area contributed by atoms with Gasteiger partial charge in [-0.1, -0.05) is 54.6 Å². The number of fused-ring (bicyclic) bond motifs is 1. The number of rotatable bonds is 4. The van der Waals surface area contributed by atoms with Gasteiger partial charge in [0.15, 0.2) is 0 Å². The van der Waals surface area contributed by atoms with Crippen molar-refractivity contribution in [2.24, 2.45) is 0 Å². The van der Waals surface area contributed by atoms with E-state index in [1.807, 2.05) is 54.6 Å². The predicted molar refractivity (Wildman–Crippen MR) is 123 cm³/mol. The van der Waals surface area contributed by atoms with E-state index < -0.39 is 6.10 Å². The number of aromatic nitrogens is 1. The highest BCUT2D eigenvalue weighted by atomic mass is 16.3. The molecule has 0 aliphatic rings. The molecule has 0 saturated heterocycles. The van der Waals surface area contributed by atoms with Crippen LogP contribution in [-0.4, -0.2) is 40.1 Å². The number of benzene rings is 3. The molecule has 0 aliphatic carbocycles. The van der Waals surface area contributed by atoms with Gasteiger partial charge in [0.1, 0.15) is 5.75 Å². The maximum Gasteiger partial charge on any atom is 0.257 e. The molecule has 0 bridgehead atoms. The summed E-state index contributed by atoms with van der Waals surface area (Å²) in [7, 11) is 3.32. The van der Waals surface area contributed by atoms with Crippen molar-refractivity contribution in [3.8, 4) is 28.1 Å². The summed E-state index contributed by atoms with van der Waals surface area (Å²) in [5.41, 5.74) is 4.57. The molecule has 31 heavy (non-hydrogen) atoms. The minimum Gasteiger partial charge on any atom is -0.506 e. The lowest BCUT2D eigenvalue weighted by Crippen LogP contribution is -2.21. The van der Waals surface area contributed by atoms with Crippen molar-refractivity contribution in [3.05, 3.63) is 84.1 Å². The molecule has 5 nitrogen and oxygen atoms in total. The number of hydrogen-bond acceptors (Lipinski definition) is 4. The summed E-state index contributed by atoms with van der Waals surface area (Å²) in [6, 6.07) is 20.8. The zero-order valence-corrected chi connectivity index (χ0v) is 17.7. The summed E-state index contributed by atoms with van der Waals surface area (Å²) in [6.45, 7) is 1.74. The van der Waals surface area contributed by atoms with E-state index in [9.17, 15) is 15.0 Å². The van der Waals surface area contributed by atoms with E-state index in [-0.39, 0.29) is 17.2 Å². The fourth-order valence-electron chi connectivity index (χ4n) is 3.65. The summed E-state index contributed by atoms with van der Waals surface area (Å²) in [4.78, 5) is 18.7. The highest BCUT2D eigenvalue weighted by Gasteiger charge is 2.19. The maximum atomic E-state index is 12.6. The Morgan fingerprint density at radius 2 is 1.58 bits per heavy atom. The van der Waals surface area contributed by atoms with Gasteiger partial charge < -0.3 is 15.1 Å². The highest BCUT2D eigenvalue weighted by molar-refractivity contribution is 6.08. The Kier molecular flexibility index (Phi) is 5.44. The Morgan fingerprint density at radius 1 is 0.935 bits per heavy atom. The second-order valence-electron chi connectivity index (χ2n) is 7.80. The molecule has 0 fully saturated rings. The predicted octanol–water partition coefficient (Wildman–Crippen LogP) is 5.03. The molecule has 4 aromatic rings. The standard InChI is InChI=1S/C26H24N2O3/c1-16(29)17-8-10-18(11-9-17)19-12-13-24(27-15-19)22-14-23(26(31)28(2)3)25(30)21-7-5-4-6-20(21)22/h4-16,29-30H,1-3H3. The molecule has 0 aliphatic heterocycles. The number of pyridine rings is 1. The number of aliphatic hydroxyl groups excluding tert-OH is 1. The Balaban J connectivity index is 1.80. The van der Waals surface area contributed by atoms with Gasteiger partial charge in [-0.05, 0) is 35.6 Å². The number of phenolic OH excluding ortho intramolecular Hbond substituents is 1. The molecule has 1 atom stereocenters. The minimum atomic E-state index is -0.503. The van der Waals surface area contributed by atoms with E-state index >= 15 is 0 Å². The topological polar surface area (TPSA) is 73.7 Å². The molecule has 3 aromatic carbocycles. The Morgan fingerprint density at radius 3 is 2.16 bits per heavy atom. The third-order valence-corrected chi connectivity index (χ3v) is 5.42. The van der Waals surface area contributed by atoms with Crippen LogP contribution in [0.3, 0.4) is 0 Å². The average Bonchev–Trinajstić information content (AvgIpc) is 2.79. The van der Waals surface area contributed by atoms with Crippen molar-refractivity contribution in [2.75, 3.05) is 14.1 Å². The van der Waals surface area contributed by atoms with Crippen molar-refractivity contribution >= 4 is 16.7 Å². The van der Waals surface area contributed by atoms with Crippen LogP contribution in [0.1, 0.15) is 28.9 Å². The van der Waals surface area contributed by atoms with E-state index in [0.717, 1.165) is 27.6 Å². The van der Waals surface area contributed by atoms with Crippen molar-refractivity contribution < 1.29 is 15.0 Å². The summed E-state index contributed by atoms with van der Waals surface area (Å²) in [5.74, 6) is -0.285. The fraction of sp³-hybridized carbons (Fsp3) is 0.154. The van der Waals surface area contributed by atoms with Crippen molar-refractivity contribution in [3.63, 3.8) is 0 Å². The Labute approximate surface area is 181 Å². The number of aromatic hydroxyl groups is 1. The molecule has 0 radical (unpaired) electrons. The molecule has 4 rings (SSSR count). The van der Waals surface area contributed by atoms with Crippen LogP contribution < -0.4 is 0 Å². The van der Waals surface area contributed by atoms with Crippen LogP contribution >= 0.6 is 0 Å². The molecule has 0 spiro atoms. The second-order valence-corrected chi connectivity index (χ2v) is 7.80. The first kappa shape index (κ1) is 20.6. The molecular formula is C26H24N2O3. The van der Waals surface area contributed by atoms with E-state index in [1.54, 1.807) is 39.3 Å². The van der Waals surface area contributed by atoms with E-state index in [1.165, 1.54) is 4.90 Å². The number of amides is 1. The van der Waals surface area contributed by atoms with E-state index in [2.05, 4.69) is 4.98 Å². The normalized spacial score (nSPS) is 12.0. The number of carbonyl (C=O) groups is 1. The SMILES string of the molecule is CC(O)c1ccc(-c2ccc(-c3cc(C(=O)N(C)C)c(O)c4ccccc34)nc2)cc1. The highest BCUT2D eigenvalue weighted by Crippen LogP contribution is 2.37. The van der Waals surface area contributed by atoms with Crippen molar-refractivity contribution in [2.45, 2.75) is 13.0 Å². The summed E-state index contributed by atoms with van der Waals surface area (Å²) in [6.07, 6.45) is 1.29. The first-order chi connectivity index (χ1) is 14.9. The van der Waals surface area contributed by atoms with Gasteiger partial charge >= 0.3 is 0 Å². The van der Waals surface area contributed by atoms with Gasteiger partial charge in [-0.25, -0.2) is 0 Å². The molecule has 156 valence electrons. The van der Waals surface area contributed by atoms with Crippen LogP contribution in [0.5, 0.6) is 5.75 Å². The summed E-state index contributed by atoms with van der Waals surface area (Å²) in [5, 5.41) is 21.8. The van der Waals surface area contributed by atoms with Crippen molar-refractivity contribution in [1.29, 1.82) is 0 Å². The molecule has 1 unspecified atom stereocenters. The summed E-state index contributed by atoms with van der Waals surface area (Å²) < 4.78 is 0. The first-order valence-electron chi connectivity index (χ1n) is 10.1. The lowest BCUT2D eigenvalue weighted by atomic mass is 9.96. The zero-order valence-electron chi connectivity index (χ0n) is 17.7. The smallest absolute Gasteiger partial charge is 0.257 e. The van der Waals surface area contributed by atoms with Crippen LogP contribution in [0.2, 0.25) is 0 Å². The lowest BCUT2D eigenvalue weighted by Gasteiger charge is -2.16. The van der Waals surface area contributed by atoms with Gasteiger partial charge in [-0.3, -0.25) is 9.78 Å². The van der Waals surface area contributed by atoms with Gasteiger partial charge in [0, 0.05) is 36.8 Å². The number of nitrogens with zero attached hydrogens (tertiary/aromatic N) is 2. The number of carbonyl (C=O) groups excluding carboxylic acids is 1. The molecular weight excluding hydrogens is 388 g/mol. The largest absolute Gasteiger partial charge is 0.506 e. The number of phenols is 1. The molecule has 0 saturated carbocycles. The molecule has 1 heterocycles. The monoisotopic (exact) mass is 412 g/mol. The summed E-state index contributed by atoms with van der Waals surface area (Å²) >= 11 is 0. The lowest BCUT2D eigenvalue weighted by molar-refractivity contribution is 0.0825. The molecule has 2 N–H and O–H groups in total. The van der Waals surface area contributed by atoms with Crippen LogP contribution in [0, 0.1) is 0 Å². The van der Waals surface area contributed by atoms with Gasteiger partial charge in [0.2, 0.25) is 0 Å². The first-order valence-corrected chi connectivity index (χ1v) is 10.1. The average molecular weight is 412 g/mol. The maximum absolute atomic E-state index is 12.6. The fourth-order valence-corrected chi connectivity index (χ4v) is 3.65. The van der Waals surface area contributed by atoms with Crippen LogP contribution in [0.4, 0.5) is 0 Å². The van der Waals surface area contributed by atoms with E-state index in [0.29, 0.717) is 11.1 Å². The van der Waals surface area contributed by atoms with Crippen LogP contribution in [0.25, 0.3) is 33.2 Å². The van der Waals surface area contributed by atoms with Gasteiger partial charge in [-0.2, -0.15) is 0 Å². The third-order valence-electron chi connectivity index (χ3n) is 5.42. The molecule has 5 heteroatoms. The molecule has 1 aromatic heterocycles. The Hall–Kier alpha value is -3.70. The van der Waals surface area contributed by atoms with Gasteiger partial charge in [0.25, 0.3) is 5.91 Å². The van der Waals surface area contributed by atoms with Crippen LogP contribution in [0.15, 0.2) is 72.9 Å². The van der Waals surface area contributed by atoms with E-state index in [4.69, 9.17) is 0 Å². The molecule has 1 amide bonds. The Bertz CT molecular complexity index is 1240. The van der Waals surface area contributed by atoms with Crippen molar-refractivity contribution in [1.82, 2.24) is 9.88 Å². The number of aliphatic hydroxyl groups is 1. The van der Waals surface area contributed by atoms with Crippen LogP contribution in [-0.2, 0) is 0 Å².